The third-order valence-electron chi connectivity index (χ3n) is 5.52. The maximum Gasteiger partial charge on any atom is 0.338 e. The number of hydrogen-bond acceptors (Lipinski definition) is 5. The van der Waals surface area contributed by atoms with E-state index in [2.05, 4.69) is 5.32 Å². The van der Waals surface area contributed by atoms with Crippen LogP contribution in [-0.4, -0.2) is 48.0 Å². The molecule has 1 aromatic carbocycles. The van der Waals surface area contributed by atoms with E-state index in [4.69, 9.17) is 14.6 Å². The van der Waals surface area contributed by atoms with E-state index in [-0.39, 0.29) is 17.8 Å². The highest BCUT2D eigenvalue weighted by Crippen LogP contribution is 2.21. The van der Waals surface area contributed by atoms with Crippen LogP contribution in [0.5, 0.6) is 0 Å². The van der Waals surface area contributed by atoms with Gasteiger partial charge in [-0.15, -0.1) is 0 Å². The zero-order valence-electron chi connectivity index (χ0n) is 18.8. The van der Waals surface area contributed by atoms with Crippen LogP contribution >= 0.6 is 0 Å². The van der Waals surface area contributed by atoms with Crippen molar-refractivity contribution < 1.29 is 19.1 Å². The Kier molecular flexibility index (Phi) is 8.23. The molecule has 0 bridgehead atoms. The molecule has 0 saturated heterocycles. The number of benzene rings is 1. The number of hydrogen-bond donors (Lipinski definition) is 1. The van der Waals surface area contributed by atoms with Gasteiger partial charge in [0.1, 0.15) is 5.69 Å². The van der Waals surface area contributed by atoms with Gasteiger partial charge in [0.25, 0.3) is 5.91 Å². The summed E-state index contributed by atoms with van der Waals surface area (Å²) < 4.78 is 13.0. The van der Waals surface area contributed by atoms with Gasteiger partial charge in [0.15, 0.2) is 0 Å². The van der Waals surface area contributed by atoms with Crippen LogP contribution in [0.3, 0.4) is 0 Å². The summed E-state index contributed by atoms with van der Waals surface area (Å²) in [6.45, 7) is 8.79. The van der Waals surface area contributed by atoms with Gasteiger partial charge in [0.2, 0.25) is 0 Å². The molecule has 1 amide bonds. The number of carbonyl (C=O) groups excluding carboxylic acids is 2. The first kappa shape index (κ1) is 23.0. The molecule has 0 unspecified atom stereocenters. The van der Waals surface area contributed by atoms with Gasteiger partial charge in [-0.1, -0.05) is 25.1 Å². The lowest BCUT2D eigenvalue weighted by Crippen LogP contribution is -2.28. The van der Waals surface area contributed by atoms with Crippen LogP contribution < -0.4 is 5.32 Å². The summed E-state index contributed by atoms with van der Waals surface area (Å²) in [5.41, 5.74) is 4.05. The van der Waals surface area contributed by atoms with Gasteiger partial charge in [-0.05, 0) is 57.1 Å². The molecular weight excluding hydrogens is 394 g/mol. The third kappa shape index (κ3) is 5.94. The molecule has 0 spiro atoms. The predicted molar refractivity (Wildman–Crippen MR) is 118 cm³/mol. The second-order valence-electron chi connectivity index (χ2n) is 8.14. The summed E-state index contributed by atoms with van der Waals surface area (Å²) in [5, 5.41) is 7.73. The number of esters is 1. The lowest BCUT2D eigenvalue weighted by atomic mass is 9.99. The van der Waals surface area contributed by atoms with Crippen molar-refractivity contribution in [3.8, 4) is 0 Å². The molecule has 1 atom stereocenters. The van der Waals surface area contributed by atoms with Crippen LogP contribution in [0.4, 0.5) is 0 Å². The molecule has 0 aliphatic carbocycles. The fourth-order valence-corrected chi connectivity index (χ4v) is 3.86. The number of nitrogens with zero attached hydrogens (tertiary/aromatic N) is 2. The molecule has 7 nitrogen and oxygen atoms in total. The largest absolute Gasteiger partial charge is 0.462 e. The number of aryl methyl sites for hydroxylation is 2. The minimum absolute atomic E-state index is 0.0730. The van der Waals surface area contributed by atoms with Crippen molar-refractivity contribution in [3.63, 3.8) is 0 Å². The van der Waals surface area contributed by atoms with Gasteiger partial charge in [-0.25, -0.2) is 4.79 Å². The first-order valence-electron chi connectivity index (χ1n) is 11.2. The van der Waals surface area contributed by atoms with Crippen LogP contribution in [0.2, 0.25) is 0 Å². The summed E-state index contributed by atoms with van der Waals surface area (Å²) in [6.07, 6.45) is 3.04. The summed E-state index contributed by atoms with van der Waals surface area (Å²) in [6, 6.07) is 7.42. The van der Waals surface area contributed by atoms with Crippen LogP contribution in [0.1, 0.15) is 64.4 Å². The van der Waals surface area contributed by atoms with E-state index in [9.17, 15) is 9.59 Å². The number of amides is 1. The molecule has 2 aromatic rings. The van der Waals surface area contributed by atoms with Crippen LogP contribution in [-0.2, 0) is 28.9 Å². The summed E-state index contributed by atoms with van der Waals surface area (Å²) >= 11 is 0. The first-order chi connectivity index (χ1) is 15.0. The van der Waals surface area contributed by atoms with Crippen molar-refractivity contribution in [2.24, 2.45) is 5.92 Å². The smallest absolute Gasteiger partial charge is 0.338 e. The maximum absolute atomic E-state index is 12.8. The van der Waals surface area contributed by atoms with Gasteiger partial charge in [-0.2, -0.15) is 5.10 Å². The van der Waals surface area contributed by atoms with E-state index in [1.54, 1.807) is 10.7 Å². The second-order valence-corrected chi connectivity index (χ2v) is 8.14. The molecule has 2 heterocycles. The van der Waals surface area contributed by atoms with Crippen molar-refractivity contribution in [1.82, 2.24) is 15.1 Å². The highest BCUT2D eigenvalue weighted by atomic mass is 16.5. The number of ether oxygens (including phenoxy) is 2. The Labute approximate surface area is 184 Å². The molecule has 3 rings (SSSR count). The minimum Gasteiger partial charge on any atom is -0.462 e. The molecule has 31 heavy (non-hydrogen) atoms. The summed E-state index contributed by atoms with van der Waals surface area (Å²) in [5.74, 6) is -0.300. The zero-order valence-corrected chi connectivity index (χ0v) is 18.8. The van der Waals surface area contributed by atoms with E-state index >= 15 is 0 Å². The normalized spacial score (nSPS) is 16.0. The quantitative estimate of drug-likeness (QED) is 0.715. The summed E-state index contributed by atoms with van der Waals surface area (Å²) in [7, 11) is 0. The van der Waals surface area contributed by atoms with Crippen molar-refractivity contribution in [1.29, 1.82) is 0 Å². The topological polar surface area (TPSA) is 82.5 Å². The Balaban J connectivity index is 1.72. The Bertz CT molecular complexity index is 906. The highest BCUT2D eigenvalue weighted by Gasteiger charge is 2.24. The van der Waals surface area contributed by atoms with E-state index < -0.39 is 0 Å². The average molecular weight is 428 g/mol. The van der Waals surface area contributed by atoms with E-state index in [0.717, 1.165) is 36.1 Å². The molecule has 1 aliphatic heterocycles. The Morgan fingerprint density at radius 2 is 2.06 bits per heavy atom. The number of carbonyl (C=O) groups is 2. The molecule has 7 heteroatoms. The predicted octanol–water partition coefficient (Wildman–Crippen LogP) is 3.33. The molecule has 1 aromatic heterocycles. The molecule has 168 valence electrons. The van der Waals surface area contributed by atoms with Crippen LogP contribution in [0.15, 0.2) is 24.3 Å². The molecule has 1 aliphatic rings. The number of fused-ring (bicyclic) bond motifs is 1. The van der Waals surface area contributed by atoms with Crippen molar-refractivity contribution in [2.75, 3.05) is 26.4 Å². The van der Waals surface area contributed by atoms with Gasteiger partial charge < -0.3 is 14.8 Å². The molecule has 0 saturated carbocycles. The fraction of sp³-hybridized carbons (Fsp3) is 0.542. The minimum atomic E-state index is -0.306. The van der Waals surface area contributed by atoms with Gasteiger partial charge in [-0.3, -0.25) is 9.48 Å². The molecule has 0 fully saturated rings. The second kappa shape index (κ2) is 11.1. The van der Waals surface area contributed by atoms with Crippen molar-refractivity contribution in [3.05, 3.63) is 52.3 Å². The van der Waals surface area contributed by atoms with Gasteiger partial charge >= 0.3 is 5.97 Å². The van der Waals surface area contributed by atoms with Gasteiger partial charge in [0, 0.05) is 31.9 Å². The molecule has 0 radical (unpaired) electrons. The number of aromatic nitrogens is 2. The van der Waals surface area contributed by atoms with E-state index in [1.165, 1.54) is 0 Å². The lowest BCUT2D eigenvalue weighted by molar-refractivity contribution is 0.0447. The third-order valence-corrected chi connectivity index (χ3v) is 5.52. The number of rotatable bonds is 6. The molecule has 1 N–H and O–H groups in total. The van der Waals surface area contributed by atoms with Crippen molar-refractivity contribution >= 4 is 11.9 Å². The lowest BCUT2D eigenvalue weighted by Gasteiger charge is -2.13. The van der Waals surface area contributed by atoms with Crippen LogP contribution in [0, 0.1) is 12.8 Å². The SMILES string of the molecule is CCn1nc(C[C@@H](C)COC(=O)c2ccccc2C)c2c1C(=O)NCCCOCCC2. The zero-order chi connectivity index (χ0) is 22.2. The van der Waals surface area contributed by atoms with Gasteiger partial charge in [0.05, 0.1) is 17.9 Å². The monoisotopic (exact) mass is 427 g/mol. The first-order valence-corrected chi connectivity index (χ1v) is 11.2. The van der Waals surface area contributed by atoms with E-state index in [0.29, 0.717) is 50.6 Å². The van der Waals surface area contributed by atoms with Crippen LogP contribution in [0.25, 0.3) is 0 Å². The standard InChI is InChI=1S/C24H33N3O4/c1-4-27-22-20(11-7-13-30-14-8-12-25-23(22)28)21(26-27)15-17(2)16-31-24(29)19-10-6-5-9-18(19)3/h5-6,9-10,17H,4,7-8,11-16H2,1-3H3,(H,25,28)/t17-/m1/s1. The molecular formula is C24H33N3O4. The van der Waals surface area contributed by atoms with E-state index in [1.807, 2.05) is 39.0 Å². The maximum atomic E-state index is 12.8. The Morgan fingerprint density at radius 1 is 1.29 bits per heavy atom. The Morgan fingerprint density at radius 3 is 2.84 bits per heavy atom. The number of nitrogens with one attached hydrogen (secondary N) is 1. The highest BCUT2D eigenvalue weighted by molar-refractivity contribution is 5.94. The van der Waals surface area contributed by atoms with Crippen molar-refractivity contribution in [2.45, 2.75) is 53.0 Å². The Hall–Kier alpha value is -2.67. The fourth-order valence-electron chi connectivity index (χ4n) is 3.86. The summed E-state index contributed by atoms with van der Waals surface area (Å²) in [4.78, 5) is 25.3. The average Bonchev–Trinajstić information content (AvgIpc) is 3.09.